The Hall–Kier alpha value is -1.39. The number of carboxylic acids is 1. The predicted molar refractivity (Wildman–Crippen MR) is 68.2 cm³/mol. The second-order valence-electron chi connectivity index (χ2n) is 5.22. The van der Waals surface area contributed by atoms with Crippen LogP contribution in [0.5, 0.6) is 0 Å². The molecule has 1 unspecified atom stereocenters. The van der Waals surface area contributed by atoms with Crippen molar-refractivity contribution in [1.29, 1.82) is 0 Å². The standard InChI is InChI=1S/C7H12O3.C6H12O2/c1-4-10-7(9)5(2)6(3)8;1-6(2,3)4-5(7)8/h5H,4H2,1-3H3;4H2,1-3H3,(H,7,8). The summed E-state index contributed by atoms with van der Waals surface area (Å²) in [6.07, 6.45) is 0.243. The normalized spacial score (nSPS) is 11.9. The van der Waals surface area contributed by atoms with Crippen LogP contribution < -0.4 is 0 Å². The number of esters is 1. The Morgan fingerprint density at radius 1 is 1.22 bits per heavy atom. The van der Waals surface area contributed by atoms with Crippen LogP contribution in [0.25, 0.3) is 0 Å². The van der Waals surface area contributed by atoms with E-state index in [1.54, 1.807) is 13.8 Å². The van der Waals surface area contributed by atoms with Crippen molar-refractivity contribution in [3.63, 3.8) is 0 Å². The van der Waals surface area contributed by atoms with E-state index in [0.29, 0.717) is 6.61 Å². The first kappa shape index (κ1) is 19.0. The zero-order valence-electron chi connectivity index (χ0n) is 12.1. The minimum Gasteiger partial charge on any atom is -0.481 e. The predicted octanol–water partition coefficient (Wildman–Crippen LogP) is 2.28. The van der Waals surface area contributed by atoms with Crippen molar-refractivity contribution in [1.82, 2.24) is 0 Å². The lowest BCUT2D eigenvalue weighted by atomic mass is 9.93. The number of rotatable bonds is 4. The first-order valence-corrected chi connectivity index (χ1v) is 5.90. The highest BCUT2D eigenvalue weighted by Gasteiger charge is 2.17. The number of carbonyl (C=O) groups is 3. The van der Waals surface area contributed by atoms with E-state index >= 15 is 0 Å². The molecule has 0 saturated heterocycles. The van der Waals surface area contributed by atoms with E-state index in [1.165, 1.54) is 6.92 Å². The molecule has 0 amide bonds. The van der Waals surface area contributed by atoms with Crippen molar-refractivity contribution in [2.24, 2.45) is 11.3 Å². The number of hydrogen-bond donors (Lipinski definition) is 1. The molecule has 0 bridgehead atoms. The maximum Gasteiger partial charge on any atom is 0.316 e. The molecule has 0 aromatic rings. The SMILES string of the molecule is CC(C)(C)CC(=O)O.CCOC(=O)C(C)C(C)=O. The molecule has 0 aliphatic carbocycles. The third-order valence-electron chi connectivity index (χ3n) is 1.93. The Morgan fingerprint density at radius 3 is 1.83 bits per heavy atom. The molecule has 1 N–H and O–H groups in total. The van der Waals surface area contributed by atoms with Gasteiger partial charge in [0.2, 0.25) is 0 Å². The topological polar surface area (TPSA) is 80.7 Å². The average molecular weight is 260 g/mol. The summed E-state index contributed by atoms with van der Waals surface area (Å²) in [6.45, 7) is 10.7. The number of aliphatic carboxylic acids is 1. The van der Waals surface area contributed by atoms with Gasteiger partial charge in [-0.15, -0.1) is 0 Å². The molecule has 0 saturated carbocycles. The van der Waals surface area contributed by atoms with Gasteiger partial charge in [-0.3, -0.25) is 14.4 Å². The molecule has 1 atom stereocenters. The molecule has 106 valence electrons. The van der Waals surface area contributed by atoms with Crippen molar-refractivity contribution in [3.8, 4) is 0 Å². The molecule has 0 heterocycles. The smallest absolute Gasteiger partial charge is 0.316 e. The largest absolute Gasteiger partial charge is 0.481 e. The molecule has 0 fully saturated rings. The molecule has 0 aromatic heterocycles. The lowest BCUT2D eigenvalue weighted by Gasteiger charge is -2.13. The van der Waals surface area contributed by atoms with Gasteiger partial charge in [0.15, 0.2) is 0 Å². The van der Waals surface area contributed by atoms with E-state index in [9.17, 15) is 14.4 Å². The zero-order valence-corrected chi connectivity index (χ0v) is 12.1. The van der Waals surface area contributed by atoms with Crippen LogP contribution in [-0.2, 0) is 19.1 Å². The molecule has 5 heteroatoms. The highest BCUT2D eigenvalue weighted by Crippen LogP contribution is 2.17. The van der Waals surface area contributed by atoms with Crippen molar-refractivity contribution >= 4 is 17.7 Å². The number of Topliss-reactive ketones (excluding diaryl/α,β-unsaturated/α-hetero) is 1. The Morgan fingerprint density at radius 2 is 1.67 bits per heavy atom. The van der Waals surface area contributed by atoms with Gasteiger partial charge in [-0.1, -0.05) is 20.8 Å². The summed E-state index contributed by atoms with van der Waals surface area (Å²) < 4.78 is 4.61. The van der Waals surface area contributed by atoms with Crippen LogP contribution in [0.2, 0.25) is 0 Å². The quantitative estimate of drug-likeness (QED) is 0.619. The number of carboxylic acid groups (broad SMARTS) is 1. The summed E-state index contributed by atoms with van der Waals surface area (Å²) in [5, 5.41) is 8.25. The molecule has 18 heavy (non-hydrogen) atoms. The Bertz CT molecular complexity index is 288. The molecule has 0 aliphatic rings. The summed E-state index contributed by atoms with van der Waals surface area (Å²) in [5.41, 5.74) is -0.0775. The van der Waals surface area contributed by atoms with Crippen molar-refractivity contribution in [2.45, 2.75) is 48.0 Å². The Balaban J connectivity index is 0. The van der Waals surface area contributed by atoms with Crippen LogP contribution in [0.4, 0.5) is 0 Å². The van der Waals surface area contributed by atoms with Gasteiger partial charge in [0, 0.05) is 0 Å². The van der Waals surface area contributed by atoms with Crippen LogP contribution in [0.1, 0.15) is 48.0 Å². The van der Waals surface area contributed by atoms with Gasteiger partial charge in [-0.2, -0.15) is 0 Å². The van der Waals surface area contributed by atoms with Crippen LogP contribution in [-0.4, -0.2) is 29.4 Å². The van der Waals surface area contributed by atoms with Gasteiger partial charge in [0.1, 0.15) is 11.7 Å². The van der Waals surface area contributed by atoms with Gasteiger partial charge < -0.3 is 9.84 Å². The molecule has 0 rings (SSSR count). The Labute approximate surface area is 109 Å². The second-order valence-corrected chi connectivity index (χ2v) is 5.22. The van der Waals surface area contributed by atoms with Gasteiger partial charge in [0.05, 0.1) is 13.0 Å². The van der Waals surface area contributed by atoms with Crippen LogP contribution in [0.15, 0.2) is 0 Å². The van der Waals surface area contributed by atoms with E-state index in [1.807, 2.05) is 20.8 Å². The van der Waals surface area contributed by atoms with Gasteiger partial charge in [0.25, 0.3) is 0 Å². The molecule has 0 radical (unpaired) electrons. The number of ketones is 1. The summed E-state index contributed by atoms with van der Waals surface area (Å²) >= 11 is 0. The summed E-state index contributed by atoms with van der Waals surface area (Å²) in [7, 11) is 0. The van der Waals surface area contributed by atoms with Crippen LogP contribution >= 0.6 is 0 Å². The first-order valence-electron chi connectivity index (χ1n) is 5.90. The lowest BCUT2D eigenvalue weighted by molar-refractivity contribution is -0.150. The fourth-order valence-electron chi connectivity index (χ4n) is 0.887. The fourth-order valence-corrected chi connectivity index (χ4v) is 0.887. The molecular weight excluding hydrogens is 236 g/mol. The third kappa shape index (κ3) is 12.7. The van der Waals surface area contributed by atoms with Crippen molar-refractivity contribution in [3.05, 3.63) is 0 Å². The first-order chi connectivity index (χ1) is 8.01. The summed E-state index contributed by atoms with van der Waals surface area (Å²) in [6, 6.07) is 0. The molecule has 5 nitrogen and oxygen atoms in total. The van der Waals surface area contributed by atoms with E-state index < -0.39 is 17.9 Å². The number of ether oxygens (including phenoxy) is 1. The minimum atomic E-state index is -0.725. The average Bonchev–Trinajstić information content (AvgIpc) is 2.13. The van der Waals surface area contributed by atoms with Crippen molar-refractivity contribution < 1.29 is 24.2 Å². The molecule has 0 aliphatic heterocycles. The monoisotopic (exact) mass is 260 g/mol. The maximum absolute atomic E-state index is 10.7. The van der Waals surface area contributed by atoms with E-state index in [0.717, 1.165) is 0 Å². The van der Waals surface area contributed by atoms with E-state index in [4.69, 9.17) is 5.11 Å². The minimum absolute atomic E-state index is 0.0775. The summed E-state index contributed by atoms with van der Waals surface area (Å²) in [5.74, 6) is -1.93. The number of carbonyl (C=O) groups excluding carboxylic acids is 2. The van der Waals surface area contributed by atoms with E-state index in [-0.39, 0.29) is 17.6 Å². The second kappa shape index (κ2) is 8.66. The highest BCUT2D eigenvalue weighted by atomic mass is 16.5. The summed E-state index contributed by atoms with van der Waals surface area (Å²) in [4.78, 5) is 31.3. The molecule has 0 spiro atoms. The third-order valence-corrected chi connectivity index (χ3v) is 1.93. The lowest BCUT2D eigenvalue weighted by Crippen LogP contribution is -2.20. The van der Waals surface area contributed by atoms with Gasteiger partial charge >= 0.3 is 11.9 Å². The van der Waals surface area contributed by atoms with Gasteiger partial charge in [-0.05, 0) is 26.2 Å². The van der Waals surface area contributed by atoms with Crippen LogP contribution in [0, 0.1) is 11.3 Å². The zero-order chi connectivity index (χ0) is 14.9. The van der Waals surface area contributed by atoms with Gasteiger partial charge in [-0.25, -0.2) is 0 Å². The highest BCUT2D eigenvalue weighted by molar-refractivity contribution is 5.97. The maximum atomic E-state index is 10.7. The molecule has 0 aromatic carbocycles. The fraction of sp³-hybridized carbons (Fsp3) is 0.769. The van der Waals surface area contributed by atoms with Crippen LogP contribution in [0.3, 0.4) is 0 Å². The van der Waals surface area contributed by atoms with E-state index in [2.05, 4.69) is 4.74 Å². The Kier molecular flexibility index (Phi) is 9.13. The molecular formula is C13H24O5. The number of hydrogen-bond acceptors (Lipinski definition) is 4. The van der Waals surface area contributed by atoms with Crippen molar-refractivity contribution in [2.75, 3.05) is 6.61 Å².